The van der Waals surface area contributed by atoms with Gasteiger partial charge in [-0.05, 0) is 25.0 Å². The Labute approximate surface area is 144 Å². The van der Waals surface area contributed by atoms with Crippen LogP contribution in [0, 0.1) is 0 Å². The monoisotopic (exact) mass is 337 g/mol. The van der Waals surface area contributed by atoms with Crippen molar-refractivity contribution < 1.29 is 14.3 Å². The summed E-state index contributed by atoms with van der Waals surface area (Å²) in [6.45, 7) is 3.07. The molecule has 1 saturated carbocycles. The third-order valence-electron chi connectivity index (χ3n) is 5.17. The Bertz CT molecular complexity index is 968. The molecule has 0 radical (unpaired) electrons. The molecule has 0 atom stereocenters. The third-order valence-corrected chi connectivity index (χ3v) is 5.17. The molecule has 3 aromatic rings. The largest absolute Gasteiger partial charge is 0.475 e. The van der Waals surface area contributed by atoms with Crippen LogP contribution in [0.1, 0.15) is 46.3 Å². The first-order valence-corrected chi connectivity index (χ1v) is 8.72. The Kier molecular flexibility index (Phi) is 3.21. The van der Waals surface area contributed by atoms with Gasteiger partial charge in [0.05, 0.1) is 17.9 Å². The SMILES string of the molecule is O=C(O)c1oc2ccccc2c1CN1CCn2nc(C3CC3)cc2C1. The lowest BCUT2D eigenvalue weighted by atomic mass is 10.1. The average Bonchev–Trinajstić information content (AvgIpc) is 3.27. The molecule has 6 heteroatoms. The summed E-state index contributed by atoms with van der Waals surface area (Å²) in [5.74, 6) is -0.300. The highest BCUT2D eigenvalue weighted by molar-refractivity contribution is 5.95. The minimum Gasteiger partial charge on any atom is -0.475 e. The topological polar surface area (TPSA) is 71.5 Å². The van der Waals surface area contributed by atoms with E-state index in [-0.39, 0.29) is 5.76 Å². The van der Waals surface area contributed by atoms with Gasteiger partial charge in [-0.3, -0.25) is 9.58 Å². The number of carboxylic acids is 1. The van der Waals surface area contributed by atoms with Crippen LogP contribution in [0.5, 0.6) is 0 Å². The van der Waals surface area contributed by atoms with E-state index in [1.165, 1.54) is 24.2 Å². The molecule has 1 aliphatic carbocycles. The Morgan fingerprint density at radius 2 is 2.12 bits per heavy atom. The van der Waals surface area contributed by atoms with E-state index in [1.807, 2.05) is 24.3 Å². The summed E-state index contributed by atoms with van der Waals surface area (Å²) in [7, 11) is 0. The second-order valence-electron chi connectivity index (χ2n) is 6.98. The van der Waals surface area contributed by atoms with Gasteiger partial charge in [-0.2, -0.15) is 5.10 Å². The Hall–Kier alpha value is -2.60. The number of furan rings is 1. The third kappa shape index (κ3) is 2.53. The second kappa shape index (κ2) is 5.46. The summed E-state index contributed by atoms with van der Waals surface area (Å²) in [5.41, 5.74) is 3.83. The van der Waals surface area contributed by atoms with Gasteiger partial charge < -0.3 is 9.52 Å². The number of aromatic nitrogens is 2. The molecule has 3 heterocycles. The normalized spacial score (nSPS) is 17.8. The van der Waals surface area contributed by atoms with Crippen molar-refractivity contribution in [3.05, 3.63) is 53.0 Å². The fourth-order valence-electron chi connectivity index (χ4n) is 3.71. The van der Waals surface area contributed by atoms with Crippen molar-refractivity contribution in [2.24, 2.45) is 0 Å². The number of carboxylic acid groups (broad SMARTS) is 1. The van der Waals surface area contributed by atoms with Crippen molar-refractivity contribution >= 4 is 16.9 Å². The fourth-order valence-corrected chi connectivity index (χ4v) is 3.71. The van der Waals surface area contributed by atoms with E-state index in [2.05, 4.69) is 15.6 Å². The number of benzene rings is 1. The predicted molar refractivity (Wildman–Crippen MR) is 91.5 cm³/mol. The lowest BCUT2D eigenvalue weighted by Crippen LogP contribution is -2.33. The van der Waals surface area contributed by atoms with Crippen molar-refractivity contribution in [2.75, 3.05) is 6.54 Å². The van der Waals surface area contributed by atoms with Crippen molar-refractivity contribution in [3.63, 3.8) is 0 Å². The zero-order valence-corrected chi connectivity index (χ0v) is 13.8. The van der Waals surface area contributed by atoms with Gasteiger partial charge in [-0.25, -0.2) is 4.79 Å². The minimum atomic E-state index is -1.01. The highest BCUT2D eigenvalue weighted by atomic mass is 16.4. The summed E-state index contributed by atoms with van der Waals surface area (Å²) < 4.78 is 7.68. The number of nitrogens with zero attached hydrogens (tertiary/aromatic N) is 3. The van der Waals surface area contributed by atoms with Gasteiger partial charge >= 0.3 is 5.97 Å². The molecule has 2 aromatic heterocycles. The van der Waals surface area contributed by atoms with E-state index in [0.29, 0.717) is 18.0 Å². The first-order valence-electron chi connectivity index (χ1n) is 8.72. The van der Waals surface area contributed by atoms with Crippen molar-refractivity contribution in [1.82, 2.24) is 14.7 Å². The Balaban J connectivity index is 1.44. The number of aromatic carboxylic acids is 1. The Morgan fingerprint density at radius 3 is 2.92 bits per heavy atom. The van der Waals surface area contributed by atoms with Crippen LogP contribution in [0.3, 0.4) is 0 Å². The number of carbonyl (C=O) groups is 1. The summed E-state index contributed by atoms with van der Waals surface area (Å²) in [6, 6.07) is 9.74. The standard InChI is InChI=1S/C19H19N3O3/c23-19(24)18-15(14-3-1-2-4-17(14)25-18)11-21-7-8-22-13(10-21)9-16(20-22)12-5-6-12/h1-4,9,12H,5-8,10-11H2,(H,23,24). The maximum atomic E-state index is 11.6. The smallest absolute Gasteiger partial charge is 0.372 e. The zero-order valence-electron chi connectivity index (χ0n) is 13.8. The van der Waals surface area contributed by atoms with Gasteiger partial charge in [-0.1, -0.05) is 18.2 Å². The number of hydrogen-bond donors (Lipinski definition) is 1. The van der Waals surface area contributed by atoms with Gasteiger partial charge in [0.15, 0.2) is 0 Å². The van der Waals surface area contributed by atoms with Crippen LogP contribution in [0.4, 0.5) is 0 Å². The molecule has 1 aliphatic heterocycles. The zero-order chi connectivity index (χ0) is 17.0. The lowest BCUT2D eigenvalue weighted by molar-refractivity contribution is 0.0661. The van der Waals surface area contributed by atoms with Gasteiger partial charge in [-0.15, -0.1) is 0 Å². The van der Waals surface area contributed by atoms with E-state index in [9.17, 15) is 9.90 Å². The van der Waals surface area contributed by atoms with Crippen LogP contribution >= 0.6 is 0 Å². The molecule has 2 aliphatic rings. The van der Waals surface area contributed by atoms with Crippen molar-refractivity contribution in [3.8, 4) is 0 Å². The van der Waals surface area contributed by atoms with E-state index in [1.54, 1.807) is 0 Å². The Morgan fingerprint density at radius 1 is 1.28 bits per heavy atom. The van der Waals surface area contributed by atoms with Crippen LogP contribution in [0.2, 0.25) is 0 Å². The van der Waals surface area contributed by atoms with Gasteiger partial charge in [0.2, 0.25) is 5.76 Å². The lowest BCUT2D eigenvalue weighted by Gasteiger charge is -2.27. The highest BCUT2D eigenvalue weighted by Gasteiger charge is 2.29. The van der Waals surface area contributed by atoms with Gasteiger partial charge in [0.1, 0.15) is 5.58 Å². The number of fused-ring (bicyclic) bond motifs is 2. The molecule has 25 heavy (non-hydrogen) atoms. The van der Waals surface area contributed by atoms with Gasteiger partial charge in [0.25, 0.3) is 0 Å². The molecule has 128 valence electrons. The molecule has 6 nitrogen and oxygen atoms in total. The molecule has 1 aromatic carbocycles. The van der Waals surface area contributed by atoms with E-state index >= 15 is 0 Å². The molecule has 0 bridgehead atoms. The van der Waals surface area contributed by atoms with Crippen molar-refractivity contribution in [2.45, 2.75) is 38.4 Å². The van der Waals surface area contributed by atoms with Crippen LogP contribution in [0.15, 0.2) is 34.7 Å². The molecule has 0 amide bonds. The summed E-state index contributed by atoms with van der Waals surface area (Å²) in [6.07, 6.45) is 2.51. The molecule has 0 saturated heterocycles. The second-order valence-corrected chi connectivity index (χ2v) is 6.98. The summed E-state index contributed by atoms with van der Waals surface area (Å²) in [5, 5.41) is 15.1. The number of para-hydroxylation sites is 1. The molecule has 0 spiro atoms. The highest BCUT2D eigenvalue weighted by Crippen LogP contribution is 2.40. The number of hydrogen-bond acceptors (Lipinski definition) is 4. The molecular formula is C19H19N3O3. The van der Waals surface area contributed by atoms with Crippen LogP contribution < -0.4 is 0 Å². The van der Waals surface area contributed by atoms with Crippen LogP contribution in [0.25, 0.3) is 11.0 Å². The summed E-state index contributed by atoms with van der Waals surface area (Å²) >= 11 is 0. The number of rotatable bonds is 4. The maximum Gasteiger partial charge on any atom is 0.372 e. The molecule has 5 rings (SSSR count). The summed E-state index contributed by atoms with van der Waals surface area (Å²) in [4.78, 5) is 13.9. The minimum absolute atomic E-state index is 0.0546. The van der Waals surface area contributed by atoms with E-state index < -0.39 is 5.97 Å². The van der Waals surface area contributed by atoms with Crippen molar-refractivity contribution in [1.29, 1.82) is 0 Å². The van der Waals surface area contributed by atoms with E-state index in [4.69, 9.17) is 9.52 Å². The van der Waals surface area contributed by atoms with E-state index in [0.717, 1.165) is 30.6 Å². The quantitative estimate of drug-likeness (QED) is 0.791. The van der Waals surface area contributed by atoms with Gasteiger partial charge in [0, 0.05) is 36.5 Å². The predicted octanol–water partition coefficient (Wildman–Crippen LogP) is 3.22. The van der Waals surface area contributed by atoms with Crippen LogP contribution in [-0.2, 0) is 19.6 Å². The molecular weight excluding hydrogens is 318 g/mol. The maximum absolute atomic E-state index is 11.6. The average molecular weight is 337 g/mol. The molecule has 1 N–H and O–H groups in total. The fraction of sp³-hybridized carbons (Fsp3) is 0.368. The molecule has 1 fully saturated rings. The first kappa shape index (κ1) is 14.7. The first-order chi connectivity index (χ1) is 12.2. The molecule has 0 unspecified atom stereocenters. The van der Waals surface area contributed by atoms with Crippen LogP contribution in [-0.4, -0.2) is 32.3 Å².